The molecular weight excluding hydrogens is 290 g/mol. The summed E-state index contributed by atoms with van der Waals surface area (Å²) in [6, 6.07) is 5.14. The van der Waals surface area contributed by atoms with Gasteiger partial charge in [-0.25, -0.2) is 4.98 Å². The summed E-state index contributed by atoms with van der Waals surface area (Å²) in [5.41, 5.74) is 2.34. The highest BCUT2D eigenvalue weighted by molar-refractivity contribution is 5.85. The van der Waals surface area contributed by atoms with Crippen molar-refractivity contribution in [3.05, 3.63) is 52.2 Å². The smallest absolute Gasteiger partial charge is 0.262 e. The predicted octanol–water partition coefficient (Wildman–Crippen LogP) is 2.79. The van der Waals surface area contributed by atoms with Crippen molar-refractivity contribution in [3.63, 3.8) is 0 Å². The Kier molecular flexibility index (Phi) is 3.80. The van der Waals surface area contributed by atoms with E-state index in [4.69, 9.17) is 0 Å². The minimum absolute atomic E-state index is 0.150. The second kappa shape index (κ2) is 5.65. The lowest BCUT2D eigenvalue weighted by Gasteiger charge is -2.26. The van der Waals surface area contributed by atoms with Crippen LogP contribution in [0, 0.1) is 6.92 Å². The number of nitrogens with zero attached hydrogens (tertiary/aromatic N) is 2. The summed E-state index contributed by atoms with van der Waals surface area (Å²) < 4.78 is 1.52. The first-order valence-corrected chi connectivity index (χ1v) is 7.90. The molecule has 2 heterocycles. The molecule has 1 aromatic heterocycles. The number of hydrogen-bond acceptors (Lipinski definition) is 3. The van der Waals surface area contributed by atoms with Crippen molar-refractivity contribution >= 4 is 16.8 Å². The third kappa shape index (κ3) is 2.56. The average Bonchev–Trinajstić information content (AvgIpc) is 2.48. The minimum Gasteiger partial charge on any atom is -0.329 e. The molecule has 0 spiro atoms. The summed E-state index contributed by atoms with van der Waals surface area (Å²) >= 11 is 0. The summed E-state index contributed by atoms with van der Waals surface area (Å²) in [4.78, 5) is 29.9. The van der Waals surface area contributed by atoms with E-state index >= 15 is 0 Å². The lowest BCUT2D eigenvalue weighted by molar-refractivity contribution is -0.124. The Labute approximate surface area is 135 Å². The average molecular weight is 311 g/mol. The molecule has 5 heteroatoms. The number of benzene rings is 1. The Morgan fingerprint density at radius 1 is 1.35 bits per heavy atom. The van der Waals surface area contributed by atoms with E-state index in [1.807, 2.05) is 12.1 Å². The number of hydrogen-bond donors (Lipinski definition) is 1. The van der Waals surface area contributed by atoms with Gasteiger partial charge in [-0.1, -0.05) is 32.6 Å². The van der Waals surface area contributed by atoms with Crippen molar-refractivity contribution in [2.75, 3.05) is 0 Å². The van der Waals surface area contributed by atoms with Crippen LogP contribution >= 0.6 is 0 Å². The number of nitrogens with one attached hydrogen (secondary N) is 1. The van der Waals surface area contributed by atoms with E-state index in [-0.39, 0.29) is 17.4 Å². The first-order chi connectivity index (χ1) is 10.9. The maximum absolute atomic E-state index is 13.0. The van der Waals surface area contributed by atoms with Crippen LogP contribution in [0.3, 0.4) is 0 Å². The van der Waals surface area contributed by atoms with Gasteiger partial charge in [0.1, 0.15) is 11.9 Å². The van der Waals surface area contributed by atoms with Gasteiger partial charge in [0.15, 0.2) is 0 Å². The van der Waals surface area contributed by atoms with Crippen LogP contribution in [0.4, 0.5) is 0 Å². The topological polar surface area (TPSA) is 64.0 Å². The highest BCUT2D eigenvalue weighted by Gasteiger charge is 2.28. The third-order valence-electron chi connectivity index (χ3n) is 4.39. The molecule has 2 aromatic rings. The fourth-order valence-electron chi connectivity index (χ4n) is 3.19. The lowest BCUT2D eigenvalue weighted by Crippen LogP contribution is -2.41. The van der Waals surface area contributed by atoms with E-state index in [1.165, 1.54) is 4.57 Å². The summed E-state index contributed by atoms with van der Waals surface area (Å²) in [6.45, 7) is 9.73. The Hall–Kier alpha value is -2.43. The van der Waals surface area contributed by atoms with E-state index in [9.17, 15) is 9.59 Å². The quantitative estimate of drug-likeness (QED) is 0.927. The van der Waals surface area contributed by atoms with Crippen LogP contribution in [-0.4, -0.2) is 15.5 Å². The van der Waals surface area contributed by atoms with Gasteiger partial charge in [0.05, 0.1) is 10.9 Å². The molecule has 1 amide bonds. The molecule has 1 saturated heterocycles. The molecule has 1 unspecified atom stereocenters. The number of allylic oxidation sites excluding steroid dienone is 1. The molecule has 23 heavy (non-hydrogen) atoms. The van der Waals surface area contributed by atoms with Crippen molar-refractivity contribution < 1.29 is 4.79 Å². The maximum atomic E-state index is 13.0. The maximum Gasteiger partial charge on any atom is 0.262 e. The number of aryl methyl sites for hydroxylation is 1. The largest absolute Gasteiger partial charge is 0.329 e. The van der Waals surface area contributed by atoms with Crippen molar-refractivity contribution in [2.24, 2.45) is 0 Å². The normalized spacial score (nSPS) is 18.5. The van der Waals surface area contributed by atoms with Crippen LogP contribution in [0.25, 0.3) is 10.9 Å². The summed E-state index contributed by atoms with van der Waals surface area (Å²) in [5, 5.41) is 3.31. The molecule has 0 radical (unpaired) electrons. The van der Waals surface area contributed by atoms with Gasteiger partial charge in [0, 0.05) is 5.70 Å². The molecule has 0 bridgehead atoms. The zero-order valence-corrected chi connectivity index (χ0v) is 13.7. The molecule has 120 valence electrons. The van der Waals surface area contributed by atoms with Crippen LogP contribution < -0.4 is 10.9 Å². The monoisotopic (exact) mass is 311 g/mol. The first kappa shape index (κ1) is 15.5. The Morgan fingerprint density at radius 3 is 2.74 bits per heavy atom. The fraction of sp³-hybridized carbons (Fsp3) is 0.389. The first-order valence-electron chi connectivity index (χ1n) is 7.90. The van der Waals surface area contributed by atoms with Crippen molar-refractivity contribution in [2.45, 2.75) is 45.6 Å². The van der Waals surface area contributed by atoms with Gasteiger partial charge in [-0.3, -0.25) is 14.2 Å². The Morgan fingerprint density at radius 2 is 2.09 bits per heavy atom. The van der Waals surface area contributed by atoms with Crippen LogP contribution in [0.1, 0.15) is 50.0 Å². The molecular formula is C18H21N3O2. The molecule has 1 atom stereocenters. The number of amides is 1. The van der Waals surface area contributed by atoms with Gasteiger partial charge in [-0.2, -0.15) is 0 Å². The highest BCUT2D eigenvalue weighted by atomic mass is 16.2. The van der Waals surface area contributed by atoms with Crippen LogP contribution in [0.2, 0.25) is 0 Å². The zero-order valence-electron chi connectivity index (χ0n) is 13.7. The summed E-state index contributed by atoms with van der Waals surface area (Å²) in [6.07, 6.45) is 1.24. The van der Waals surface area contributed by atoms with Gasteiger partial charge in [-0.05, 0) is 37.3 Å². The molecule has 1 aromatic carbocycles. The SMILES string of the molecule is C=C1CCC(n2c(C)nc3c(C(C)C)cccc3c2=O)C(=O)N1. The number of rotatable bonds is 2. The van der Waals surface area contributed by atoms with Gasteiger partial charge in [0.2, 0.25) is 5.91 Å². The van der Waals surface area contributed by atoms with Crippen LogP contribution in [0.15, 0.2) is 35.3 Å². The Balaban J connectivity index is 2.22. The van der Waals surface area contributed by atoms with E-state index in [2.05, 4.69) is 30.7 Å². The highest BCUT2D eigenvalue weighted by Crippen LogP contribution is 2.25. The van der Waals surface area contributed by atoms with Crippen molar-refractivity contribution in [1.82, 2.24) is 14.9 Å². The number of aromatic nitrogens is 2. The van der Waals surface area contributed by atoms with E-state index in [0.29, 0.717) is 29.7 Å². The Bertz CT molecular complexity index is 864. The second-order valence-electron chi connectivity index (χ2n) is 6.38. The third-order valence-corrected chi connectivity index (χ3v) is 4.39. The van der Waals surface area contributed by atoms with E-state index in [1.54, 1.807) is 13.0 Å². The number of fused-ring (bicyclic) bond motifs is 1. The minimum atomic E-state index is -0.521. The van der Waals surface area contributed by atoms with Crippen LogP contribution in [-0.2, 0) is 4.79 Å². The number of carbonyl (C=O) groups excluding carboxylic acids is 1. The molecule has 0 saturated carbocycles. The number of piperidine rings is 1. The molecule has 3 rings (SSSR count). The summed E-state index contributed by atoms with van der Waals surface area (Å²) in [7, 11) is 0. The van der Waals surface area contributed by atoms with Crippen LogP contribution in [0.5, 0.6) is 0 Å². The summed E-state index contributed by atoms with van der Waals surface area (Å²) in [5.74, 6) is 0.665. The molecule has 5 nitrogen and oxygen atoms in total. The predicted molar refractivity (Wildman–Crippen MR) is 90.4 cm³/mol. The van der Waals surface area contributed by atoms with Gasteiger partial charge in [0.25, 0.3) is 5.56 Å². The molecule has 1 N–H and O–H groups in total. The standard InChI is InChI=1S/C18H21N3O2/c1-10(2)13-6-5-7-14-16(13)20-12(4)21(18(14)23)15-9-8-11(3)19-17(15)22/h5-7,10,15H,3,8-9H2,1-2,4H3,(H,19,22). The second-order valence-corrected chi connectivity index (χ2v) is 6.38. The van der Waals surface area contributed by atoms with Crippen molar-refractivity contribution in [1.29, 1.82) is 0 Å². The zero-order chi connectivity index (χ0) is 16.7. The molecule has 1 aliphatic heterocycles. The lowest BCUT2D eigenvalue weighted by atomic mass is 9.99. The van der Waals surface area contributed by atoms with Gasteiger partial charge >= 0.3 is 0 Å². The fourth-order valence-corrected chi connectivity index (χ4v) is 3.19. The van der Waals surface area contributed by atoms with E-state index < -0.39 is 6.04 Å². The van der Waals surface area contributed by atoms with Gasteiger partial charge < -0.3 is 5.32 Å². The molecule has 1 fully saturated rings. The number of carbonyl (C=O) groups is 1. The number of para-hydroxylation sites is 1. The van der Waals surface area contributed by atoms with Gasteiger partial charge in [-0.15, -0.1) is 0 Å². The molecule has 0 aliphatic carbocycles. The van der Waals surface area contributed by atoms with E-state index in [0.717, 1.165) is 11.1 Å². The molecule has 1 aliphatic rings. The van der Waals surface area contributed by atoms with Crippen molar-refractivity contribution in [3.8, 4) is 0 Å².